The third-order valence-electron chi connectivity index (χ3n) is 3.51. The predicted molar refractivity (Wildman–Crippen MR) is 66.7 cm³/mol. The van der Waals surface area contributed by atoms with Gasteiger partial charge in [-0.15, -0.1) is 0 Å². The van der Waals surface area contributed by atoms with Gasteiger partial charge in [0, 0.05) is 31.7 Å². The summed E-state index contributed by atoms with van der Waals surface area (Å²) in [5.41, 5.74) is 5.50. The zero-order valence-corrected chi connectivity index (χ0v) is 10.3. The van der Waals surface area contributed by atoms with Crippen molar-refractivity contribution in [3.05, 3.63) is 0 Å². The molecule has 1 rings (SSSR count). The largest absolute Gasteiger partial charge is 0.396 e. The molecule has 16 heavy (non-hydrogen) atoms. The van der Waals surface area contributed by atoms with Gasteiger partial charge in [-0.1, -0.05) is 13.3 Å². The zero-order chi connectivity index (χ0) is 12.0. The molecule has 0 radical (unpaired) electrons. The van der Waals surface area contributed by atoms with Gasteiger partial charge in [0.15, 0.2) is 0 Å². The standard InChI is InChI=1S/C12H25N3O/c1-2-10(9-12(13)14)15(7-4-8-16)11-5-3-6-11/h10-11,16H,2-9H2,1H3,(H3,13,14). The first-order valence-corrected chi connectivity index (χ1v) is 6.38. The second-order valence-electron chi connectivity index (χ2n) is 4.69. The molecular weight excluding hydrogens is 202 g/mol. The molecule has 0 aromatic heterocycles. The van der Waals surface area contributed by atoms with E-state index in [1.54, 1.807) is 0 Å². The van der Waals surface area contributed by atoms with Crippen LogP contribution in [0.25, 0.3) is 0 Å². The Morgan fingerprint density at radius 1 is 1.56 bits per heavy atom. The lowest BCUT2D eigenvalue weighted by Crippen LogP contribution is -2.48. The van der Waals surface area contributed by atoms with E-state index < -0.39 is 0 Å². The predicted octanol–water partition coefficient (Wildman–Crippen LogP) is 1.33. The fourth-order valence-electron chi connectivity index (χ4n) is 2.38. The minimum Gasteiger partial charge on any atom is -0.396 e. The molecule has 0 saturated heterocycles. The van der Waals surface area contributed by atoms with Crippen molar-refractivity contribution >= 4 is 5.84 Å². The Kier molecular flexibility index (Phi) is 5.77. The summed E-state index contributed by atoms with van der Waals surface area (Å²) in [6.07, 6.45) is 6.36. The van der Waals surface area contributed by atoms with Gasteiger partial charge in [0.1, 0.15) is 0 Å². The maximum atomic E-state index is 8.93. The Bertz CT molecular complexity index is 216. The minimum atomic E-state index is 0.250. The number of hydrogen-bond donors (Lipinski definition) is 3. The second kappa shape index (κ2) is 6.86. The fourth-order valence-corrected chi connectivity index (χ4v) is 2.38. The van der Waals surface area contributed by atoms with E-state index in [9.17, 15) is 0 Å². The number of aliphatic hydroxyl groups is 1. The van der Waals surface area contributed by atoms with Crippen molar-refractivity contribution in [2.24, 2.45) is 5.73 Å². The Hall–Kier alpha value is -0.610. The molecule has 1 atom stereocenters. The number of amidine groups is 1. The average Bonchev–Trinajstić information content (AvgIpc) is 2.17. The molecule has 4 heteroatoms. The number of aliphatic hydroxyl groups excluding tert-OH is 1. The quantitative estimate of drug-likeness (QED) is 0.432. The van der Waals surface area contributed by atoms with Gasteiger partial charge in [0.05, 0.1) is 5.84 Å². The van der Waals surface area contributed by atoms with E-state index in [0.29, 0.717) is 18.5 Å². The Balaban J connectivity index is 2.52. The van der Waals surface area contributed by atoms with E-state index in [-0.39, 0.29) is 12.4 Å². The maximum absolute atomic E-state index is 8.93. The average molecular weight is 227 g/mol. The molecule has 94 valence electrons. The molecule has 4 N–H and O–H groups in total. The number of nitrogens with one attached hydrogen (secondary N) is 1. The van der Waals surface area contributed by atoms with Crippen LogP contribution in [0, 0.1) is 5.41 Å². The summed E-state index contributed by atoms with van der Waals surface area (Å²) in [4.78, 5) is 2.46. The van der Waals surface area contributed by atoms with Crippen LogP contribution in [0.2, 0.25) is 0 Å². The van der Waals surface area contributed by atoms with Gasteiger partial charge in [-0.3, -0.25) is 10.3 Å². The molecule has 1 unspecified atom stereocenters. The van der Waals surface area contributed by atoms with Gasteiger partial charge >= 0.3 is 0 Å². The van der Waals surface area contributed by atoms with Crippen molar-refractivity contribution in [2.45, 2.75) is 57.5 Å². The smallest absolute Gasteiger partial charge is 0.0921 e. The summed E-state index contributed by atoms with van der Waals surface area (Å²) in [5, 5.41) is 16.3. The molecule has 0 heterocycles. The lowest BCUT2D eigenvalue weighted by atomic mass is 9.89. The van der Waals surface area contributed by atoms with Gasteiger partial charge in [0.2, 0.25) is 0 Å². The monoisotopic (exact) mass is 227 g/mol. The summed E-state index contributed by atoms with van der Waals surface area (Å²) in [6, 6.07) is 1.05. The van der Waals surface area contributed by atoms with Crippen molar-refractivity contribution in [3.63, 3.8) is 0 Å². The van der Waals surface area contributed by atoms with E-state index in [1.165, 1.54) is 19.3 Å². The fraction of sp³-hybridized carbons (Fsp3) is 0.917. The maximum Gasteiger partial charge on any atom is 0.0921 e. The highest BCUT2D eigenvalue weighted by atomic mass is 16.3. The van der Waals surface area contributed by atoms with E-state index in [0.717, 1.165) is 19.4 Å². The molecule has 1 saturated carbocycles. The highest BCUT2D eigenvalue weighted by Crippen LogP contribution is 2.28. The Morgan fingerprint density at radius 3 is 2.62 bits per heavy atom. The molecule has 0 amide bonds. The lowest BCUT2D eigenvalue weighted by molar-refractivity contribution is 0.0721. The van der Waals surface area contributed by atoms with Gasteiger partial charge in [0.25, 0.3) is 0 Å². The Morgan fingerprint density at radius 2 is 2.25 bits per heavy atom. The highest BCUT2D eigenvalue weighted by molar-refractivity contribution is 5.77. The van der Waals surface area contributed by atoms with Crippen LogP contribution in [-0.4, -0.2) is 41.1 Å². The minimum absolute atomic E-state index is 0.250. The Labute approximate surface area is 98.3 Å². The summed E-state index contributed by atoms with van der Waals surface area (Å²) < 4.78 is 0. The normalized spacial score (nSPS) is 18.4. The van der Waals surface area contributed by atoms with Crippen molar-refractivity contribution in [1.29, 1.82) is 5.41 Å². The lowest BCUT2D eigenvalue weighted by Gasteiger charge is -2.42. The zero-order valence-electron chi connectivity index (χ0n) is 10.3. The van der Waals surface area contributed by atoms with Crippen LogP contribution < -0.4 is 5.73 Å². The third-order valence-corrected chi connectivity index (χ3v) is 3.51. The van der Waals surface area contributed by atoms with E-state index >= 15 is 0 Å². The summed E-state index contributed by atoms with van der Waals surface area (Å²) >= 11 is 0. The molecule has 1 fully saturated rings. The van der Waals surface area contributed by atoms with Crippen LogP contribution in [0.15, 0.2) is 0 Å². The van der Waals surface area contributed by atoms with Crippen LogP contribution in [0.1, 0.15) is 45.4 Å². The van der Waals surface area contributed by atoms with Crippen LogP contribution in [0.5, 0.6) is 0 Å². The van der Waals surface area contributed by atoms with E-state index in [1.807, 2.05) is 0 Å². The number of hydrogen-bond acceptors (Lipinski definition) is 3. The van der Waals surface area contributed by atoms with Gasteiger partial charge < -0.3 is 10.8 Å². The number of nitrogens with two attached hydrogens (primary N) is 1. The summed E-state index contributed by atoms with van der Waals surface area (Å²) in [5.74, 6) is 0.278. The molecule has 0 spiro atoms. The van der Waals surface area contributed by atoms with Gasteiger partial charge in [-0.05, 0) is 25.7 Å². The second-order valence-corrected chi connectivity index (χ2v) is 4.69. The molecule has 0 aromatic carbocycles. The number of rotatable bonds is 8. The van der Waals surface area contributed by atoms with Crippen LogP contribution in [0.3, 0.4) is 0 Å². The first kappa shape index (κ1) is 13.5. The molecular formula is C12H25N3O. The third kappa shape index (κ3) is 3.76. The summed E-state index contributed by atoms with van der Waals surface area (Å²) in [6.45, 7) is 3.34. The highest BCUT2D eigenvalue weighted by Gasteiger charge is 2.29. The topological polar surface area (TPSA) is 73.3 Å². The van der Waals surface area contributed by atoms with Gasteiger partial charge in [-0.25, -0.2) is 0 Å². The van der Waals surface area contributed by atoms with Crippen LogP contribution in [-0.2, 0) is 0 Å². The molecule has 4 nitrogen and oxygen atoms in total. The van der Waals surface area contributed by atoms with Crippen molar-refractivity contribution in [2.75, 3.05) is 13.2 Å². The molecule has 1 aliphatic rings. The first-order valence-electron chi connectivity index (χ1n) is 6.38. The van der Waals surface area contributed by atoms with E-state index in [2.05, 4.69) is 11.8 Å². The first-order chi connectivity index (χ1) is 7.69. The molecule has 0 bridgehead atoms. The molecule has 1 aliphatic carbocycles. The van der Waals surface area contributed by atoms with Crippen LogP contribution >= 0.6 is 0 Å². The van der Waals surface area contributed by atoms with E-state index in [4.69, 9.17) is 16.2 Å². The molecule has 0 aromatic rings. The molecule has 0 aliphatic heterocycles. The van der Waals surface area contributed by atoms with Crippen molar-refractivity contribution < 1.29 is 5.11 Å². The van der Waals surface area contributed by atoms with Crippen molar-refractivity contribution in [1.82, 2.24) is 4.90 Å². The summed E-state index contributed by atoms with van der Waals surface area (Å²) in [7, 11) is 0. The van der Waals surface area contributed by atoms with Gasteiger partial charge in [-0.2, -0.15) is 0 Å². The SMILES string of the molecule is CCC(CC(=N)N)N(CCCO)C1CCC1. The van der Waals surface area contributed by atoms with Crippen molar-refractivity contribution in [3.8, 4) is 0 Å². The number of nitrogens with zero attached hydrogens (tertiary/aromatic N) is 1. The van der Waals surface area contributed by atoms with Crippen LogP contribution in [0.4, 0.5) is 0 Å².